The van der Waals surface area contributed by atoms with E-state index in [1.54, 1.807) is 24.3 Å². The molecule has 1 aromatic rings. The number of carbonyl (C=O) groups is 3. The minimum atomic E-state index is -1.16. The lowest BCUT2D eigenvalue weighted by atomic mass is 10.2. The second-order valence-corrected chi connectivity index (χ2v) is 4.10. The summed E-state index contributed by atoms with van der Waals surface area (Å²) in [6, 6.07) is 6.38. The van der Waals surface area contributed by atoms with Gasteiger partial charge in [-0.25, -0.2) is 0 Å². The summed E-state index contributed by atoms with van der Waals surface area (Å²) < 4.78 is 14.8. The molecule has 8 heteroatoms. The van der Waals surface area contributed by atoms with Crippen molar-refractivity contribution in [3.05, 3.63) is 24.3 Å². The predicted octanol–water partition coefficient (Wildman–Crippen LogP) is 1.22. The van der Waals surface area contributed by atoms with Crippen molar-refractivity contribution < 1.29 is 33.7 Å². The normalized spacial score (nSPS) is 9.23. The van der Waals surface area contributed by atoms with E-state index in [9.17, 15) is 18.8 Å². The van der Waals surface area contributed by atoms with E-state index in [0.29, 0.717) is 12.9 Å². The van der Waals surface area contributed by atoms with Crippen LogP contribution >= 0.6 is 0 Å². The zero-order valence-electron chi connectivity index (χ0n) is 12.3. The Hall–Kier alpha value is -2.64. The van der Waals surface area contributed by atoms with Gasteiger partial charge < -0.3 is 19.8 Å². The second kappa shape index (κ2) is 10.1. The van der Waals surface area contributed by atoms with Gasteiger partial charge in [0.1, 0.15) is 25.4 Å². The van der Waals surface area contributed by atoms with E-state index in [1.807, 2.05) is 0 Å². The van der Waals surface area contributed by atoms with Gasteiger partial charge in [-0.05, 0) is 19.1 Å². The number of halogens is 1. The highest BCUT2D eigenvalue weighted by atomic mass is 19.1. The maximum atomic E-state index is 10.9. The summed E-state index contributed by atoms with van der Waals surface area (Å²) in [4.78, 5) is 33.7. The van der Waals surface area contributed by atoms with Crippen LogP contribution in [0.2, 0.25) is 0 Å². The van der Waals surface area contributed by atoms with Gasteiger partial charge in [-0.3, -0.25) is 18.8 Å². The van der Waals surface area contributed by atoms with Gasteiger partial charge in [-0.15, -0.1) is 0 Å². The summed E-state index contributed by atoms with van der Waals surface area (Å²) in [5, 5.41) is 17.7. The van der Waals surface area contributed by atoms with Crippen LogP contribution in [0.1, 0.15) is 6.92 Å². The topological polar surface area (TPSA) is 104 Å². The standard InChI is InChI=1S/C13H15NO6.CH3F/c1-9(15)8-20-11-5-3-2-4-10(11)14(6-12(16)17)7-13(18)19;1-2/h2-5H,6-8H2,1H3,(H,16,17)(H,18,19);1H3. The van der Waals surface area contributed by atoms with E-state index < -0.39 is 25.0 Å². The lowest BCUT2D eigenvalue weighted by molar-refractivity contribution is -0.136. The molecule has 0 atom stereocenters. The summed E-state index contributed by atoms with van der Waals surface area (Å²) in [5.41, 5.74) is 0.318. The lowest BCUT2D eigenvalue weighted by Gasteiger charge is -2.23. The predicted molar refractivity (Wildman–Crippen MR) is 77.1 cm³/mol. The number of hydrogen-bond donors (Lipinski definition) is 2. The Morgan fingerprint density at radius 3 is 2.05 bits per heavy atom. The molecule has 0 saturated carbocycles. The molecule has 0 heterocycles. The molecular formula is C14H18FNO6. The second-order valence-electron chi connectivity index (χ2n) is 4.10. The van der Waals surface area contributed by atoms with E-state index >= 15 is 0 Å². The fraction of sp³-hybridized carbons (Fsp3) is 0.357. The summed E-state index contributed by atoms with van der Waals surface area (Å²) >= 11 is 0. The van der Waals surface area contributed by atoms with Crippen LogP contribution in [0.4, 0.5) is 10.1 Å². The minimum absolute atomic E-state index is 0.162. The Balaban J connectivity index is 0.00000211. The van der Waals surface area contributed by atoms with Gasteiger partial charge in [0.25, 0.3) is 0 Å². The van der Waals surface area contributed by atoms with Gasteiger partial charge in [0.15, 0.2) is 5.78 Å². The highest BCUT2D eigenvalue weighted by Crippen LogP contribution is 2.27. The van der Waals surface area contributed by atoms with Crippen molar-refractivity contribution in [2.75, 3.05) is 31.8 Å². The first kappa shape index (κ1) is 19.4. The van der Waals surface area contributed by atoms with Gasteiger partial charge in [0, 0.05) is 0 Å². The van der Waals surface area contributed by atoms with Crippen LogP contribution < -0.4 is 9.64 Å². The number of carbonyl (C=O) groups excluding carboxylic acids is 1. The first-order valence-corrected chi connectivity index (χ1v) is 6.17. The van der Waals surface area contributed by atoms with Crippen LogP contribution in [0.3, 0.4) is 0 Å². The molecule has 0 spiro atoms. The summed E-state index contributed by atoms with van der Waals surface area (Å²) in [6.45, 7) is 0.235. The van der Waals surface area contributed by atoms with Gasteiger partial charge in [0.2, 0.25) is 0 Å². The maximum Gasteiger partial charge on any atom is 0.323 e. The van der Waals surface area contributed by atoms with Gasteiger partial charge >= 0.3 is 11.9 Å². The average molecular weight is 315 g/mol. The number of ether oxygens (including phenoxy) is 1. The van der Waals surface area contributed by atoms with E-state index in [2.05, 4.69) is 0 Å². The number of para-hydroxylation sites is 2. The third kappa shape index (κ3) is 7.22. The SMILES string of the molecule is CC(=O)COc1ccccc1N(CC(=O)O)CC(=O)O.CF. The molecule has 22 heavy (non-hydrogen) atoms. The number of anilines is 1. The van der Waals surface area contributed by atoms with Crippen molar-refractivity contribution in [3.63, 3.8) is 0 Å². The van der Waals surface area contributed by atoms with Crippen LogP contribution in [0.25, 0.3) is 0 Å². The number of hydrogen-bond acceptors (Lipinski definition) is 5. The molecule has 1 aromatic carbocycles. The fourth-order valence-electron chi connectivity index (χ4n) is 1.57. The average Bonchev–Trinajstić information content (AvgIpc) is 2.46. The zero-order valence-corrected chi connectivity index (χ0v) is 12.3. The molecule has 0 aromatic heterocycles. The third-order valence-electron chi connectivity index (χ3n) is 2.29. The van der Waals surface area contributed by atoms with Gasteiger partial charge in [0.05, 0.1) is 12.9 Å². The lowest BCUT2D eigenvalue weighted by Crippen LogP contribution is -2.34. The maximum absolute atomic E-state index is 10.9. The number of aliphatic carboxylic acids is 2. The number of carboxylic acids is 2. The molecule has 0 fully saturated rings. The van der Waals surface area contributed by atoms with Crippen LogP contribution in [0.5, 0.6) is 5.75 Å². The van der Waals surface area contributed by atoms with Crippen LogP contribution in [0, 0.1) is 0 Å². The van der Waals surface area contributed by atoms with Crippen molar-refractivity contribution in [3.8, 4) is 5.75 Å². The van der Waals surface area contributed by atoms with Crippen molar-refractivity contribution in [2.45, 2.75) is 6.92 Å². The Labute approximate surface area is 126 Å². The number of benzene rings is 1. The molecule has 0 saturated heterocycles. The molecule has 0 aliphatic carbocycles. The van der Waals surface area contributed by atoms with Gasteiger partial charge in [-0.2, -0.15) is 0 Å². The zero-order chi connectivity index (χ0) is 17.1. The first-order valence-electron chi connectivity index (χ1n) is 6.17. The molecule has 0 aliphatic heterocycles. The fourth-order valence-corrected chi connectivity index (χ4v) is 1.57. The number of Topliss-reactive ketones (excluding diaryl/α,β-unsaturated/α-hetero) is 1. The van der Waals surface area contributed by atoms with Crippen LogP contribution in [-0.4, -0.2) is 54.8 Å². The molecule has 0 aliphatic rings. The number of nitrogens with zero attached hydrogens (tertiary/aromatic N) is 1. The van der Waals surface area contributed by atoms with E-state index in [-0.39, 0.29) is 18.1 Å². The van der Waals surface area contributed by atoms with Crippen LogP contribution in [-0.2, 0) is 14.4 Å². The molecule has 122 valence electrons. The molecular weight excluding hydrogens is 297 g/mol. The smallest absolute Gasteiger partial charge is 0.323 e. The summed E-state index contributed by atoms with van der Waals surface area (Å²) in [5.74, 6) is -2.24. The quantitative estimate of drug-likeness (QED) is 0.743. The number of carboxylic acid groups (broad SMARTS) is 2. The summed E-state index contributed by atoms with van der Waals surface area (Å²) in [7, 11) is 0.500. The molecule has 1 rings (SSSR count). The molecule has 7 nitrogen and oxygen atoms in total. The van der Waals surface area contributed by atoms with Crippen molar-refractivity contribution in [1.29, 1.82) is 0 Å². The Bertz CT molecular complexity index is 504. The highest BCUT2D eigenvalue weighted by Gasteiger charge is 2.18. The molecule has 2 N–H and O–H groups in total. The number of alkyl halides is 1. The Morgan fingerprint density at radius 2 is 1.59 bits per heavy atom. The van der Waals surface area contributed by atoms with Gasteiger partial charge in [-0.1, -0.05) is 12.1 Å². The minimum Gasteiger partial charge on any atom is -0.484 e. The molecule has 0 amide bonds. The van der Waals surface area contributed by atoms with Crippen molar-refractivity contribution in [2.24, 2.45) is 0 Å². The molecule has 0 radical (unpaired) electrons. The summed E-state index contributed by atoms with van der Waals surface area (Å²) in [6.07, 6.45) is 0. The van der Waals surface area contributed by atoms with E-state index in [4.69, 9.17) is 14.9 Å². The monoisotopic (exact) mass is 315 g/mol. The largest absolute Gasteiger partial charge is 0.484 e. The van der Waals surface area contributed by atoms with Crippen molar-refractivity contribution >= 4 is 23.4 Å². The molecule has 0 bridgehead atoms. The van der Waals surface area contributed by atoms with Crippen LogP contribution in [0.15, 0.2) is 24.3 Å². The van der Waals surface area contributed by atoms with E-state index in [0.717, 1.165) is 4.90 Å². The number of rotatable bonds is 8. The van der Waals surface area contributed by atoms with E-state index in [1.165, 1.54) is 6.92 Å². The Morgan fingerprint density at radius 1 is 1.09 bits per heavy atom. The van der Waals surface area contributed by atoms with Crippen molar-refractivity contribution in [1.82, 2.24) is 0 Å². The first-order chi connectivity index (χ1) is 10.4. The molecule has 0 unspecified atom stereocenters. The highest BCUT2D eigenvalue weighted by molar-refractivity contribution is 5.81. The number of ketones is 1. The third-order valence-corrected chi connectivity index (χ3v) is 2.29. The Kier molecular flexibility index (Phi) is 8.92.